The first-order chi connectivity index (χ1) is 10.7. The molecular weight excluding hydrogens is 282 g/mol. The number of carbonyl (C=O) groups is 1. The van der Waals surface area contributed by atoms with E-state index in [1.807, 2.05) is 30.3 Å². The van der Waals surface area contributed by atoms with Crippen molar-refractivity contribution in [1.82, 2.24) is 10.5 Å². The molecule has 1 saturated heterocycles. The highest BCUT2D eigenvalue weighted by atomic mass is 16.5. The summed E-state index contributed by atoms with van der Waals surface area (Å²) in [4.78, 5) is 12.6. The Balaban J connectivity index is 1.76. The lowest BCUT2D eigenvalue weighted by Crippen LogP contribution is -2.39. The highest BCUT2D eigenvalue weighted by molar-refractivity contribution is 5.94. The zero-order valence-electron chi connectivity index (χ0n) is 12.4. The van der Waals surface area contributed by atoms with Crippen molar-refractivity contribution >= 4 is 11.7 Å². The Morgan fingerprint density at radius 3 is 2.82 bits per heavy atom. The number of anilines is 1. The molecule has 6 nitrogen and oxygen atoms in total. The molecule has 2 heterocycles. The maximum absolute atomic E-state index is 12.6. The van der Waals surface area contributed by atoms with E-state index in [9.17, 15) is 4.79 Å². The number of rotatable bonds is 5. The van der Waals surface area contributed by atoms with Gasteiger partial charge in [-0.05, 0) is 18.9 Å². The number of amides is 1. The zero-order chi connectivity index (χ0) is 15.4. The lowest BCUT2D eigenvalue weighted by atomic mass is 10.0. The fourth-order valence-corrected chi connectivity index (χ4v) is 2.49. The molecule has 1 aliphatic heterocycles. The van der Waals surface area contributed by atoms with Crippen molar-refractivity contribution < 1.29 is 14.1 Å². The molecule has 0 radical (unpaired) electrons. The molecule has 116 valence electrons. The van der Waals surface area contributed by atoms with Crippen LogP contribution in [0.4, 0.5) is 5.82 Å². The third-order valence-electron chi connectivity index (χ3n) is 3.61. The van der Waals surface area contributed by atoms with Gasteiger partial charge >= 0.3 is 0 Å². The lowest BCUT2D eigenvalue weighted by molar-refractivity contribution is -0.118. The van der Waals surface area contributed by atoms with Gasteiger partial charge in [-0.15, -0.1) is 0 Å². The Hall–Kier alpha value is -2.18. The van der Waals surface area contributed by atoms with Gasteiger partial charge in [-0.3, -0.25) is 10.1 Å². The zero-order valence-corrected chi connectivity index (χ0v) is 12.4. The van der Waals surface area contributed by atoms with E-state index >= 15 is 0 Å². The molecule has 2 atom stereocenters. The number of hydrogen-bond donors (Lipinski definition) is 2. The summed E-state index contributed by atoms with van der Waals surface area (Å²) in [5.74, 6) is 0.919. The fourth-order valence-electron chi connectivity index (χ4n) is 2.49. The van der Waals surface area contributed by atoms with Crippen LogP contribution in [0.3, 0.4) is 0 Å². The topological polar surface area (TPSA) is 76.4 Å². The minimum atomic E-state index is -0.454. The smallest absolute Gasteiger partial charge is 0.247 e. The van der Waals surface area contributed by atoms with Gasteiger partial charge in [0.15, 0.2) is 5.82 Å². The predicted molar refractivity (Wildman–Crippen MR) is 81.4 cm³/mol. The van der Waals surface area contributed by atoms with E-state index < -0.39 is 6.04 Å². The van der Waals surface area contributed by atoms with Gasteiger partial charge in [0.25, 0.3) is 0 Å². The summed E-state index contributed by atoms with van der Waals surface area (Å²) in [5, 5.41) is 9.96. The molecule has 1 aromatic carbocycles. The quantitative estimate of drug-likeness (QED) is 0.884. The van der Waals surface area contributed by atoms with Crippen LogP contribution in [0, 0.1) is 6.92 Å². The molecule has 1 amide bonds. The summed E-state index contributed by atoms with van der Waals surface area (Å²) in [6.45, 7) is 3.13. The Bertz CT molecular complexity index is 621. The van der Waals surface area contributed by atoms with E-state index in [0.717, 1.165) is 18.6 Å². The third-order valence-corrected chi connectivity index (χ3v) is 3.61. The Morgan fingerprint density at radius 1 is 1.36 bits per heavy atom. The van der Waals surface area contributed by atoms with Crippen molar-refractivity contribution in [3.05, 3.63) is 47.7 Å². The second kappa shape index (κ2) is 6.72. The maximum Gasteiger partial charge on any atom is 0.247 e. The van der Waals surface area contributed by atoms with Crippen molar-refractivity contribution in [2.75, 3.05) is 18.5 Å². The number of hydrogen-bond acceptors (Lipinski definition) is 5. The normalized spacial score (nSPS) is 19.0. The molecule has 0 saturated carbocycles. The minimum absolute atomic E-state index is 0.161. The first-order valence-electron chi connectivity index (χ1n) is 7.35. The summed E-state index contributed by atoms with van der Waals surface area (Å²) in [7, 11) is 0. The summed E-state index contributed by atoms with van der Waals surface area (Å²) in [6.07, 6.45) is 0.902. The molecule has 1 fully saturated rings. The Kier molecular flexibility index (Phi) is 4.50. The van der Waals surface area contributed by atoms with Crippen LogP contribution in [0.1, 0.15) is 23.8 Å². The molecule has 0 aliphatic carbocycles. The van der Waals surface area contributed by atoms with Crippen LogP contribution in [-0.2, 0) is 9.53 Å². The second-order valence-corrected chi connectivity index (χ2v) is 5.38. The van der Waals surface area contributed by atoms with E-state index in [-0.39, 0.29) is 11.9 Å². The summed E-state index contributed by atoms with van der Waals surface area (Å²) in [6, 6.07) is 11.0. The molecule has 6 heteroatoms. The summed E-state index contributed by atoms with van der Waals surface area (Å²) in [5.41, 5.74) is 0.909. The first-order valence-corrected chi connectivity index (χ1v) is 7.35. The monoisotopic (exact) mass is 301 g/mol. The van der Waals surface area contributed by atoms with E-state index in [1.54, 1.807) is 13.0 Å². The van der Waals surface area contributed by atoms with Gasteiger partial charge in [0.05, 0.1) is 6.61 Å². The van der Waals surface area contributed by atoms with Crippen LogP contribution in [0.5, 0.6) is 0 Å². The van der Waals surface area contributed by atoms with E-state index in [4.69, 9.17) is 9.26 Å². The van der Waals surface area contributed by atoms with E-state index in [0.29, 0.717) is 18.2 Å². The van der Waals surface area contributed by atoms with Crippen molar-refractivity contribution in [3.8, 4) is 0 Å². The lowest BCUT2D eigenvalue weighted by Gasteiger charge is -2.21. The molecule has 2 aromatic rings. The summed E-state index contributed by atoms with van der Waals surface area (Å²) < 4.78 is 10.4. The molecule has 1 aromatic heterocycles. The average molecular weight is 301 g/mol. The van der Waals surface area contributed by atoms with Gasteiger partial charge in [0.2, 0.25) is 5.91 Å². The minimum Gasteiger partial charge on any atom is -0.380 e. The van der Waals surface area contributed by atoms with E-state index in [1.165, 1.54) is 0 Å². The summed E-state index contributed by atoms with van der Waals surface area (Å²) >= 11 is 0. The molecule has 1 unspecified atom stereocenters. The van der Waals surface area contributed by atoms with Gasteiger partial charge in [0.1, 0.15) is 11.8 Å². The van der Waals surface area contributed by atoms with Crippen molar-refractivity contribution in [3.63, 3.8) is 0 Å². The van der Waals surface area contributed by atoms with Crippen LogP contribution in [-0.4, -0.2) is 30.3 Å². The number of aromatic nitrogens is 1. The SMILES string of the molecule is Cc1cc(NC(=O)C(N[C@H]2CCOC2)c2ccccc2)no1. The van der Waals surface area contributed by atoms with Gasteiger partial charge < -0.3 is 14.6 Å². The number of nitrogens with zero attached hydrogens (tertiary/aromatic N) is 1. The first kappa shape index (κ1) is 14.7. The molecule has 0 spiro atoms. The maximum atomic E-state index is 12.6. The standard InChI is InChI=1S/C16H19N3O3/c1-11-9-14(19-22-11)18-16(20)15(12-5-3-2-4-6-12)17-13-7-8-21-10-13/h2-6,9,13,15,17H,7-8,10H2,1H3,(H,18,19,20)/t13-,15?/m0/s1. The van der Waals surface area contributed by atoms with Crippen LogP contribution >= 0.6 is 0 Å². The average Bonchev–Trinajstić information content (AvgIpc) is 3.17. The molecule has 3 rings (SSSR count). The van der Waals surface area contributed by atoms with Crippen LogP contribution in [0.15, 0.2) is 40.9 Å². The predicted octanol–water partition coefficient (Wildman–Crippen LogP) is 2.04. The van der Waals surface area contributed by atoms with Crippen molar-refractivity contribution in [1.29, 1.82) is 0 Å². The van der Waals surface area contributed by atoms with Gasteiger partial charge in [-0.2, -0.15) is 0 Å². The highest BCUT2D eigenvalue weighted by Gasteiger charge is 2.26. The van der Waals surface area contributed by atoms with Crippen LogP contribution in [0.25, 0.3) is 0 Å². The van der Waals surface area contributed by atoms with Crippen molar-refractivity contribution in [2.24, 2.45) is 0 Å². The Labute approximate surface area is 128 Å². The molecule has 1 aliphatic rings. The van der Waals surface area contributed by atoms with Crippen LogP contribution < -0.4 is 10.6 Å². The number of ether oxygens (including phenoxy) is 1. The van der Waals surface area contributed by atoms with E-state index in [2.05, 4.69) is 15.8 Å². The fraction of sp³-hybridized carbons (Fsp3) is 0.375. The Morgan fingerprint density at radius 2 is 2.18 bits per heavy atom. The number of carbonyl (C=O) groups excluding carboxylic acids is 1. The molecule has 0 bridgehead atoms. The number of benzene rings is 1. The van der Waals surface area contributed by atoms with Gasteiger partial charge in [0, 0.05) is 18.7 Å². The molecule has 22 heavy (non-hydrogen) atoms. The van der Waals surface area contributed by atoms with Crippen LogP contribution in [0.2, 0.25) is 0 Å². The van der Waals surface area contributed by atoms with Gasteiger partial charge in [-0.1, -0.05) is 35.5 Å². The molecular formula is C16H19N3O3. The van der Waals surface area contributed by atoms with Crippen molar-refractivity contribution in [2.45, 2.75) is 25.4 Å². The largest absolute Gasteiger partial charge is 0.380 e. The second-order valence-electron chi connectivity index (χ2n) is 5.38. The highest BCUT2D eigenvalue weighted by Crippen LogP contribution is 2.18. The van der Waals surface area contributed by atoms with Gasteiger partial charge in [-0.25, -0.2) is 0 Å². The third kappa shape index (κ3) is 3.52. The molecule has 2 N–H and O–H groups in total. The number of nitrogens with one attached hydrogen (secondary N) is 2. The number of aryl methyl sites for hydroxylation is 1.